The smallest absolute Gasteiger partial charge is 0.361 e. The van der Waals surface area contributed by atoms with Gasteiger partial charge in [0.2, 0.25) is 0 Å². The van der Waals surface area contributed by atoms with Crippen LogP contribution in [0.4, 0.5) is 8.78 Å². The number of alkyl halides is 2. The molecule has 0 amide bonds. The molecule has 0 aliphatic heterocycles. The van der Waals surface area contributed by atoms with Crippen LogP contribution in [0.5, 0.6) is 5.75 Å². The first-order valence-electron chi connectivity index (χ1n) is 4.90. The molecule has 0 saturated carbocycles. The number of ether oxygens (including phenoxy) is 1. The quantitative estimate of drug-likeness (QED) is 0.827. The molecule has 0 spiro atoms. The number of halogens is 3. The first-order valence-corrected chi connectivity index (χ1v) is 5.70. The molecule has 1 rings (SSSR count). The highest BCUT2D eigenvalue weighted by Crippen LogP contribution is 2.43. The molecule has 5 heteroatoms. The lowest BCUT2D eigenvalue weighted by atomic mass is 9.95. The van der Waals surface area contributed by atoms with Gasteiger partial charge in [0.15, 0.2) is 0 Å². The number of methoxy groups -OCH3 is 1. The Morgan fingerprint density at radius 2 is 1.71 bits per heavy atom. The SMILES string of the molecule is COc1c(C)c(C)c(Br)c(C)c1C(F)(F)C#N. The van der Waals surface area contributed by atoms with Crippen LogP contribution in [0.25, 0.3) is 0 Å². The Balaban J connectivity index is 3.78. The van der Waals surface area contributed by atoms with Crippen LogP contribution in [-0.2, 0) is 5.92 Å². The minimum absolute atomic E-state index is 0.0785. The highest BCUT2D eigenvalue weighted by atomic mass is 79.9. The normalized spacial score (nSPS) is 11.2. The number of nitriles is 1. The molecule has 1 aromatic carbocycles. The van der Waals surface area contributed by atoms with E-state index in [1.807, 2.05) is 6.92 Å². The Morgan fingerprint density at radius 3 is 2.12 bits per heavy atom. The topological polar surface area (TPSA) is 33.0 Å². The van der Waals surface area contributed by atoms with Crippen molar-refractivity contribution in [3.05, 3.63) is 26.7 Å². The summed E-state index contributed by atoms with van der Waals surface area (Å²) in [6.07, 6.45) is 0. The Morgan fingerprint density at radius 1 is 1.18 bits per heavy atom. The molecular weight excluding hydrogens is 292 g/mol. The van der Waals surface area contributed by atoms with Gasteiger partial charge in [-0.05, 0) is 37.5 Å². The van der Waals surface area contributed by atoms with Crippen LogP contribution in [0, 0.1) is 32.1 Å². The monoisotopic (exact) mass is 303 g/mol. The Labute approximate surface area is 107 Å². The van der Waals surface area contributed by atoms with Gasteiger partial charge in [0, 0.05) is 4.47 Å². The van der Waals surface area contributed by atoms with Crippen molar-refractivity contribution in [3.63, 3.8) is 0 Å². The van der Waals surface area contributed by atoms with Gasteiger partial charge in [-0.2, -0.15) is 14.0 Å². The Bertz CT molecular complexity index is 506. The van der Waals surface area contributed by atoms with Crippen LogP contribution >= 0.6 is 15.9 Å². The van der Waals surface area contributed by atoms with Crippen molar-refractivity contribution in [2.75, 3.05) is 7.11 Å². The van der Waals surface area contributed by atoms with E-state index in [4.69, 9.17) is 10.00 Å². The molecule has 0 radical (unpaired) electrons. The number of nitrogens with zero attached hydrogens (tertiary/aromatic N) is 1. The number of rotatable bonds is 2. The molecule has 0 unspecified atom stereocenters. The second kappa shape index (κ2) is 4.61. The summed E-state index contributed by atoms with van der Waals surface area (Å²) >= 11 is 3.27. The van der Waals surface area contributed by atoms with Gasteiger partial charge in [0.25, 0.3) is 0 Å². The van der Waals surface area contributed by atoms with Gasteiger partial charge in [-0.1, -0.05) is 15.9 Å². The third-order valence-corrected chi connectivity index (χ3v) is 4.01. The predicted molar refractivity (Wildman–Crippen MR) is 64.4 cm³/mol. The minimum atomic E-state index is -3.56. The Kier molecular flexibility index (Phi) is 3.78. The number of hydrogen-bond acceptors (Lipinski definition) is 2. The maximum atomic E-state index is 13.6. The molecule has 1 aromatic rings. The highest BCUT2D eigenvalue weighted by Gasteiger charge is 2.38. The molecular formula is C12H12BrF2NO. The van der Waals surface area contributed by atoms with Gasteiger partial charge < -0.3 is 4.74 Å². The third-order valence-electron chi connectivity index (χ3n) is 2.82. The second-order valence-corrected chi connectivity index (χ2v) is 4.58. The molecule has 0 bridgehead atoms. The van der Waals surface area contributed by atoms with Crippen LogP contribution in [-0.4, -0.2) is 7.11 Å². The molecule has 0 aliphatic rings. The van der Waals surface area contributed by atoms with E-state index >= 15 is 0 Å². The zero-order valence-corrected chi connectivity index (χ0v) is 11.6. The minimum Gasteiger partial charge on any atom is -0.496 e. The van der Waals surface area contributed by atoms with Crippen molar-refractivity contribution in [2.45, 2.75) is 26.7 Å². The third kappa shape index (κ3) is 2.14. The van der Waals surface area contributed by atoms with Gasteiger partial charge in [-0.3, -0.25) is 0 Å². The fourth-order valence-corrected chi connectivity index (χ4v) is 2.27. The molecule has 0 aromatic heterocycles. The number of benzene rings is 1. The lowest BCUT2D eigenvalue weighted by Gasteiger charge is -2.21. The summed E-state index contributed by atoms with van der Waals surface area (Å²) < 4.78 is 32.9. The standard InChI is InChI=1S/C12H12BrF2NO/c1-6-7(2)11(17-4)9(8(3)10(6)13)12(14,15)5-16/h1-4H3. The number of hydrogen-bond donors (Lipinski definition) is 0. The molecule has 2 nitrogen and oxygen atoms in total. The summed E-state index contributed by atoms with van der Waals surface area (Å²) in [5.41, 5.74) is 1.40. The molecule has 0 atom stereocenters. The van der Waals surface area contributed by atoms with Crippen LogP contribution < -0.4 is 4.74 Å². The van der Waals surface area contributed by atoms with Gasteiger partial charge in [0.1, 0.15) is 11.8 Å². The zero-order valence-electron chi connectivity index (χ0n) is 9.99. The van der Waals surface area contributed by atoms with Gasteiger partial charge in [-0.15, -0.1) is 0 Å². The summed E-state index contributed by atoms with van der Waals surface area (Å²) in [4.78, 5) is 0. The lowest BCUT2D eigenvalue weighted by molar-refractivity contribution is 0.0574. The van der Waals surface area contributed by atoms with Crippen molar-refractivity contribution in [3.8, 4) is 11.8 Å². The fourth-order valence-electron chi connectivity index (χ4n) is 1.77. The van der Waals surface area contributed by atoms with E-state index in [-0.39, 0.29) is 11.3 Å². The summed E-state index contributed by atoms with van der Waals surface area (Å²) in [6, 6.07) is 1.01. The van der Waals surface area contributed by atoms with Crippen LogP contribution in [0.3, 0.4) is 0 Å². The van der Waals surface area contributed by atoms with Crippen molar-refractivity contribution >= 4 is 15.9 Å². The predicted octanol–water partition coefficient (Wildman–Crippen LogP) is 4.00. The second-order valence-electron chi connectivity index (χ2n) is 3.78. The maximum Gasteiger partial charge on any atom is 0.361 e. The van der Waals surface area contributed by atoms with E-state index in [0.29, 0.717) is 15.6 Å². The van der Waals surface area contributed by atoms with E-state index in [1.165, 1.54) is 7.11 Å². The van der Waals surface area contributed by atoms with Crippen molar-refractivity contribution in [2.24, 2.45) is 0 Å². The van der Waals surface area contributed by atoms with Gasteiger partial charge in [0.05, 0.1) is 12.7 Å². The molecule has 0 saturated heterocycles. The first kappa shape index (κ1) is 13.9. The average Bonchev–Trinajstić information content (AvgIpc) is 2.30. The molecule has 0 heterocycles. The highest BCUT2D eigenvalue weighted by molar-refractivity contribution is 9.10. The zero-order chi connectivity index (χ0) is 13.4. The fraction of sp³-hybridized carbons (Fsp3) is 0.417. The summed E-state index contributed by atoms with van der Waals surface area (Å²) in [5.74, 6) is -3.48. The first-order chi connectivity index (χ1) is 7.77. The molecule has 0 N–H and O–H groups in total. The summed E-state index contributed by atoms with van der Waals surface area (Å²) in [6.45, 7) is 5.04. The van der Waals surface area contributed by atoms with Crippen molar-refractivity contribution in [1.29, 1.82) is 5.26 Å². The average molecular weight is 304 g/mol. The van der Waals surface area contributed by atoms with Gasteiger partial charge in [-0.25, -0.2) is 0 Å². The van der Waals surface area contributed by atoms with Crippen LogP contribution in [0.2, 0.25) is 0 Å². The van der Waals surface area contributed by atoms with Crippen molar-refractivity contribution < 1.29 is 13.5 Å². The van der Waals surface area contributed by atoms with Gasteiger partial charge >= 0.3 is 5.92 Å². The van der Waals surface area contributed by atoms with E-state index in [9.17, 15) is 8.78 Å². The summed E-state index contributed by atoms with van der Waals surface area (Å²) in [5, 5.41) is 8.57. The maximum absolute atomic E-state index is 13.6. The molecule has 0 aliphatic carbocycles. The van der Waals surface area contributed by atoms with Crippen molar-refractivity contribution in [1.82, 2.24) is 0 Å². The largest absolute Gasteiger partial charge is 0.496 e. The van der Waals surface area contributed by atoms with E-state index < -0.39 is 5.92 Å². The lowest BCUT2D eigenvalue weighted by Crippen LogP contribution is -2.15. The molecule has 17 heavy (non-hydrogen) atoms. The van der Waals surface area contributed by atoms with E-state index in [1.54, 1.807) is 13.8 Å². The summed E-state index contributed by atoms with van der Waals surface area (Å²) in [7, 11) is 1.33. The van der Waals surface area contributed by atoms with Crippen LogP contribution in [0.15, 0.2) is 4.47 Å². The Hall–Kier alpha value is -1.15. The van der Waals surface area contributed by atoms with Crippen LogP contribution in [0.1, 0.15) is 22.3 Å². The van der Waals surface area contributed by atoms with E-state index in [0.717, 1.165) is 11.6 Å². The molecule has 92 valence electrons. The van der Waals surface area contributed by atoms with E-state index in [2.05, 4.69) is 15.9 Å². The molecule has 0 fully saturated rings.